The largest absolute Gasteiger partial charge is 0.383 e. The van der Waals surface area contributed by atoms with Crippen LogP contribution in [0.2, 0.25) is 0 Å². The number of nitriles is 1. The zero-order valence-electron chi connectivity index (χ0n) is 9.23. The lowest BCUT2D eigenvalue weighted by atomic mass is 10.4. The first-order chi connectivity index (χ1) is 6.94. The molecule has 1 atom stereocenters. The van der Waals surface area contributed by atoms with Crippen molar-refractivity contribution in [1.82, 2.24) is 9.03 Å². The molecule has 0 aliphatic rings. The lowest BCUT2D eigenvalue weighted by Crippen LogP contribution is -2.44. The molecule has 15 heavy (non-hydrogen) atoms. The van der Waals surface area contributed by atoms with Crippen LogP contribution >= 0.6 is 0 Å². The fourth-order valence-electron chi connectivity index (χ4n) is 0.956. The summed E-state index contributed by atoms with van der Waals surface area (Å²) in [7, 11) is -0.568. The highest BCUT2D eigenvalue weighted by atomic mass is 32.2. The molecule has 0 aliphatic heterocycles. The fraction of sp³-hybridized carbons (Fsp3) is 0.875. The fourth-order valence-corrected chi connectivity index (χ4v) is 2.04. The number of hydrogen-bond acceptors (Lipinski definition) is 4. The van der Waals surface area contributed by atoms with Crippen molar-refractivity contribution in [2.24, 2.45) is 0 Å². The Kier molecular flexibility index (Phi) is 6.43. The Labute approximate surface area is 91.0 Å². The van der Waals surface area contributed by atoms with Crippen LogP contribution in [0.4, 0.5) is 0 Å². The van der Waals surface area contributed by atoms with Crippen molar-refractivity contribution in [3.63, 3.8) is 0 Å². The Morgan fingerprint density at radius 1 is 1.60 bits per heavy atom. The summed E-state index contributed by atoms with van der Waals surface area (Å²) in [6.07, 6.45) is 0.177. The molecule has 0 bridgehead atoms. The third-order valence-electron chi connectivity index (χ3n) is 1.72. The summed E-state index contributed by atoms with van der Waals surface area (Å²) < 4.78 is 31.5. The van der Waals surface area contributed by atoms with Crippen molar-refractivity contribution in [2.45, 2.75) is 19.4 Å². The van der Waals surface area contributed by atoms with Gasteiger partial charge in [0.05, 0.1) is 12.7 Å². The zero-order valence-corrected chi connectivity index (χ0v) is 10.0. The van der Waals surface area contributed by atoms with E-state index < -0.39 is 10.2 Å². The summed E-state index contributed by atoms with van der Waals surface area (Å²) >= 11 is 0. The van der Waals surface area contributed by atoms with Gasteiger partial charge in [-0.2, -0.15) is 22.7 Å². The van der Waals surface area contributed by atoms with Crippen molar-refractivity contribution in [3.05, 3.63) is 0 Å². The van der Waals surface area contributed by atoms with Crippen LogP contribution in [-0.2, 0) is 14.9 Å². The van der Waals surface area contributed by atoms with Gasteiger partial charge in [-0.15, -0.1) is 0 Å². The van der Waals surface area contributed by atoms with E-state index in [-0.39, 0.29) is 19.0 Å². The standard InChI is InChI=1S/C8H17N3O3S/c1-8(7-14-3)10-15(12,13)11(2)6-4-5-9/h8,10H,4,6-7H2,1-3H3. The Morgan fingerprint density at radius 2 is 2.20 bits per heavy atom. The van der Waals surface area contributed by atoms with Gasteiger partial charge in [-0.1, -0.05) is 0 Å². The molecule has 0 spiro atoms. The normalized spacial score (nSPS) is 13.8. The zero-order chi connectivity index (χ0) is 11.9. The van der Waals surface area contributed by atoms with E-state index in [1.54, 1.807) is 6.92 Å². The predicted octanol–water partition coefficient (Wildman–Crippen LogP) is -0.299. The average molecular weight is 235 g/mol. The van der Waals surface area contributed by atoms with Crippen LogP contribution in [0.1, 0.15) is 13.3 Å². The van der Waals surface area contributed by atoms with Crippen molar-refractivity contribution < 1.29 is 13.2 Å². The molecule has 0 rings (SSSR count). The van der Waals surface area contributed by atoms with Crippen LogP contribution in [0, 0.1) is 11.3 Å². The predicted molar refractivity (Wildman–Crippen MR) is 56.3 cm³/mol. The first kappa shape index (κ1) is 14.3. The topological polar surface area (TPSA) is 82.4 Å². The first-order valence-electron chi connectivity index (χ1n) is 4.53. The lowest BCUT2D eigenvalue weighted by molar-refractivity contribution is 0.179. The Balaban J connectivity index is 4.23. The number of hydrogen-bond donors (Lipinski definition) is 1. The van der Waals surface area contributed by atoms with Crippen molar-refractivity contribution in [1.29, 1.82) is 5.26 Å². The molecule has 0 aromatic rings. The molecule has 1 N–H and O–H groups in total. The molecule has 88 valence electrons. The van der Waals surface area contributed by atoms with E-state index in [1.807, 2.05) is 6.07 Å². The van der Waals surface area contributed by atoms with E-state index in [0.717, 1.165) is 4.31 Å². The minimum absolute atomic E-state index is 0.177. The van der Waals surface area contributed by atoms with Crippen molar-refractivity contribution in [2.75, 3.05) is 27.3 Å². The second-order valence-corrected chi connectivity index (χ2v) is 5.02. The number of methoxy groups -OCH3 is 1. The van der Waals surface area contributed by atoms with Crippen LogP contribution in [0.3, 0.4) is 0 Å². The number of nitrogens with one attached hydrogen (secondary N) is 1. The second kappa shape index (κ2) is 6.74. The maximum absolute atomic E-state index is 11.6. The summed E-state index contributed by atoms with van der Waals surface area (Å²) in [5, 5.41) is 8.34. The number of ether oxygens (including phenoxy) is 1. The van der Waals surface area contributed by atoms with Gasteiger partial charge in [-0.3, -0.25) is 0 Å². The molecular formula is C8H17N3O3S. The summed E-state index contributed by atoms with van der Waals surface area (Å²) in [6.45, 7) is 2.20. The highest BCUT2D eigenvalue weighted by molar-refractivity contribution is 7.87. The van der Waals surface area contributed by atoms with Gasteiger partial charge >= 0.3 is 0 Å². The minimum atomic E-state index is -3.50. The van der Waals surface area contributed by atoms with Gasteiger partial charge in [-0.25, -0.2) is 0 Å². The summed E-state index contributed by atoms with van der Waals surface area (Å²) in [5.74, 6) is 0. The summed E-state index contributed by atoms with van der Waals surface area (Å²) in [6, 6.07) is 1.60. The Hall–Kier alpha value is -0.680. The van der Waals surface area contributed by atoms with E-state index >= 15 is 0 Å². The molecule has 0 saturated carbocycles. The minimum Gasteiger partial charge on any atom is -0.383 e. The molecule has 0 amide bonds. The molecule has 0 aromatic carbocycles. The molecule has 0 aromatic heterocycles. The Morgan fingerprint density at radius 3 is 2.67 bits per heavy atom. The molecular weight excluding hydrogens is 218 g/mol. The summed E-state index contributed by atoms with van der Waals surface area (Å²) in [5.41, 5.74) is 0. The van der Waals surface area contributed by atoms with Gasteiger partial charge in [-0.05, 0) is 6.92 Å². The van der Waals surface area contributed by atoms with Gasteiger partial charge in [0.25, 0.3) is 10.2 Å². The van der Waals surface area contributed by atoms with E-state index in [4.69, 9.17) is 10.00 Å². The smallest absolute Gasteiger partial charge is 0.279 e. The van der Waals surface area contributed by atoms with Gasteiger partial charge in [0.15, 0.2) is 0 Å². The first-order valence-corrected chi connectivity index (χ1v) is 5.97. The molecule has 0 radical (unpaired) electrons. The van der Waals surface area contributed by atoms with Crippen LogP contribution in [0.15, 0.2) is 0 Å². The number of nitrogens with zero attached hydrogens (tertiary/aromatic N) is 2. The quantitative estimate of drug-likeness (QED) is 0.657. The van der Waals surface area contributed by atoms with Crippen molar-refractivity contribution >= 4 is 10.2 Å². The molecule has 6 nitrogen and oxygen atoms in total. The molecule has 0 fully saturated rings. The molecule has 0 aliphatic carbocycles. The maximum Gasteiger partial charge on any atom is 0.279 e. The van der Waals surface area contributed by atoms with E-state index in [9.17, 15) is 8.42 Å². The van der Waals surface area contributed by atoms with Gasteiger partial charge < -0.3 is 4.74 Å². The molecule has 7 heteroatoms. The monoisotopic (exact) mass is 235 g/mol. The van der Waals surface area contributed by atoms with Gasteiger partial charge in [0, 0.05) is 33.2 Å². The Bertz CT molecular complexity index is 310. The number of rotatable bonds is 7. The van der Waals surface area contributed by atoms with Crippen LogP contribution in [0.25, 0.3) is 0 Å². The van der Waals surface area contributed by atoms with Crippen LogP contribution < -0.4 is 4.72 Å². The maximum atomic E-state index is 11.6. The average Bonchev–Trinajstić information content (AvgIpc) is 2.13. The third-order valence-corrected chi connectivity index (χ3v) is 3.42. The van der Waals surface area contributed by atoms with Crippen LogP contribution in [-0.4, -0.2) is 46.1 Å². The molecule has 0 heterocycles. The lowest BCUT2D eigenvalue weighted by Gasteiger charge is -2.19. The highest BCUT2D eigenvalue weighted by Crippen LogP contribution is 1.97. The SMILES string of the molecule is COCC(C)NS(=O)(=O)N(C)CCC#N. The van der Waals surface area contributed by atoms with E-state index in [0.29, 0.717) is 6.61 Å². The van der Waals surface area contributed by atoms with Gasteiger partial charge in [0.1, 0.15) is 0 Å². The second-order valence-electron chi connectivity index (χ2n) is 3.21. The van der Waals surface area contributed by atoms with Crippen LogP contribution in [0.5, 0.6) is 0 Å². The van der Waals surface area contributed by atoms with Gasteiger partial charge in [0.2, 0.25) is 0 Å². The third kappa shape index (κ3) is 5.69. The molecule has 0 saturated heterocycles. The van der Waals surface area contributed by atoms with Crippen molar-refractivity contribution in [3.8, 4) is 6.07 Å². The highest BCUT2D eigenvalue weighted by Gasteiger charge is 2.19. The van der Waals surface area contributed by atoms with E-state index in [1.165, 1.54) is 14.2 Å². The molecule has 1 unspecified atom stereocenters. The summed E-state index contributed by atoms with van der Waals surface area (Å²) in [4.78, 5) is 0. The van der Waals surface area contributed by atoms with E-state index in [2.05, 4.69) is 4.72 Å².